The summed E-state index contributed by atoms with van der Waals surface area (Å²) < 4.78 is 5.08. The summed E-state index contributed by atoms with van der Waals surface area (Å²) in [6.07, 6.45) is 5.41. The molecule has 0 bridgehead atoms. The number of rotatable bonds is 3. The third-order valence-corrected chi connectivity index (χ3v) is 4.59. The lowest BCUT2D eigenvalue weighted by Crippen LogP contribution is -2.39. The van der Waals surface area contributed by atoms with Gasteiger partial charge in [0.1, 0.15) is 0 Å². The van der Waals surface area contributed by atoms with Crippen LogP contribution in [0.15, 0.2) is 4.79 Å². The molecule has 1 saturated heterocycles. The second-order valence-corrected chi connectivity index (χ2v) is 6.04. The zero-order chi connectivity index (χ0) is 15.5. The number of hydrogen-bond donors (Lipinski definition) is 1. The van der Waals surface area contributed by atoms with Crippen molar-refractivity contribution in [3.8, 4) is 0 Å². The van der Waals surface area contributed by atoms with Gasteiger partial charge in [-0.15, -0.1) is 0 Å². The summed E-state index contributed by atoms with van der Waals surface area (Å²) in [5.41, 5.74) is 1.82. The first kappa shape index (κ1) is 15.1. The molecule has 22 heavy (non-hydrogen) atoms. The number of aryl methyl sites for hydroxylation is 1. The average Bonchev–Trinajstić information content (AvgIpc) is 2.55. The van der Waals surface area contributed by atoms with Gasteiger partial charge < -0.3 is 9.64 Å². The Bertz CT molecular complexity index is 603. The van der Waals surface area contributed by atoms with E-state index in [4.69, 9.17) is 4.74 Å². The van der Waals surface area contributed by atoms with Gasteiger partial charge in [0, 0.05) is 18.7 Å². The van der Waals surface area contributed by atoms with E-state index in [1.54, 1.807) is 0 Å². The number of esters is 1. The number of aromatic nitrogens is 2. The van der Waals surface area contributed by atoms with E-state index < -0.39 is 0 Å². The zero-order valence-electron chi connectivity index (χ0n) is 13.1. The molecule has 0 saturated carbocycles. The largest absolute Gasteiger partial charge is 0.466 e. The SMILES string of the molecule is CCOC(=O)C1CCN(c2nc3c(c(=O)[nH]2)CCCC3)CC1. The van der Waals surface area contributed by atoms with Gasteiger partial charge in [0.05, 0.1) is 18.2 Å². The van der Waals surface area contributed by atoms with Crippen LogP contribution in [0.2, 0.25) is 0 Å². The van der Waals surface area contributed by atoms with Gasteiger partial charge in [-0.2, -0.15) is 0 Å². The molecule has 1 N–H and O–H groups in total. The Kier molecular flexibility index (Phi) is 4.45. The molecule has 1 fully saturated rings. The maximum Gasteiger partial charge on any atom is 0.309 e. The summed E-state index contributed by atoms with van der Waals surface area (Å²) in [5, 5.41) is 0. The highest BCUT2D eigenvalue weighted by molar-refractivity contribution is 5.72. The number of nitrogens with zero attached hydrogens (tertiary/aromatic N) is 2. The zero-order valence-corrected chi connectivity index (χ0v) is 13.1. The summed E-state index contributed by atoms with van der Waals surface area (Å²) in [7, 11) is 0. The van der Waals surface area contributed by atoms with Gasteiger partial charge >= 0.3 is 5.97 Å². The molecule has 0 amide bonds. The van der Waals surface area contributed by atoms with Gasteiger partial charge in [-0.1, -0.05) is 0 Å². The highest BCUT2D eigenvalue weighted by Gasteiger charge is 2.27. The number of aromatic amines is 1. The van der Waals surface area contributed by atoms with Gasteiger partial charge in [0.25, 0.3) is 5.56 Å². The summed E-state index contributed by atoms with van der Waals surface area (Å²) >= 11 is 0. The molecule has 0 aromatic carbocycles. The van der Waals surface area contributed by atoms with Crippen LogP contribution < -0.4 is 10.5 Å². The normalized spacial score (nSPS) is 18.9. The quantitative estimate of drug-likeness (QED) is 0.855. The number of piperidine rings is 1. The van der Waals surface area contributed by atoms with Crippen molar-refractivity contribution >= 4 is 11.9 Å². The van der Waals surface area contributed by atoms with Crippen LogP contribution in [0.4, 0.5) is 5.95 Å². The Morgan fingerprint density at radius 2 is 2.05 bits per heavy atom. The van der Waals surface area contributed by atoms with E-state index in [-0.39, 0.29) is 17.4 Å². The number of H-pyrrole nitrogens is 1. The molecule has 1 aliphatic carbocycles. The molecular weight excluding hydrogens is 282 g/mol. The van der Waals surface area contributed by atoms with E-state index >= 15 is 0 Å². The molecular formula is C16H23N3O3. The van der Waals surface area contributed by atoms with Crippen molar-refractivity contribution in [3.63, 3.8) is 0 Å². The summed E-state index contributed by atoms with van der Waals surface area (Å²) in [5.74, 6) is 0.530. The molecule has 6 heteroatoms. The Hall–Kier alpha value is -1.85. The molecule has 0 spiro atoms. The van der Waals surface area contributed by atoms with Crippen molar-refractivity contribution in [2.24, 2.45) is 5.92 Å². The lowest BCUT2D eigenvalue weighted by molar-refractivity contribution is -0.148. The fourth-order valence-electron chi connectivity index (χ4n) is 3.33. The van der Waals surface area contributed by atoms with E-state index in [1.165, 1.54) is 0 Å². The molecule has 2 heterocycles. The smallest absolute Gasteiger partial charge is 0.309 e. The first-order valence-corrected chi connectivity index (χ1v) is 8.22. The predicted molar refractivity (Wildman–Crippen MR) is 83.1 cm³/mol. The van der Waals surface area contributed by atoms with Crippen LogP contribution in [0.1, 0.15) is 43.9 Å². The lowest BCUT2D eigenvalue weighted by Gasteiger charge is -2.31. The predicted octanol–water partition coefficient (Wildman–Crippen LogP) is 1.43. The van der Waals surface area contributed by atoms with E-state index in [9.17, 15) is 9.59 Å². The summed E-state index contributed by atoms with van der Waals surface area (Å²) in [6, 6.07) is 0. The van der Waals surface area contributed by atoms with Crippen molar-refractivity contribution in [3.05, 3.63) is 21.6 Å². The Balaban J connectivity index is 1.70. The van der Waals surface area contributed by atoms with E-state index in [0.29, 0.717) is 12.6 Å². The van der Waals surface area contributed by atoms with E-state index in [1.807, 2.05) is 6.92 Å². The molecule has 3 rings (SSSR count). The Morgan fingerprint density at radius 3 is 2.77 bits per heavy atom. The fraction of sp³-hybridized carbons (Fsp3) is 0.688. The number of anilines is 1. The number of fused-ring (bicyclic) bond motifs is 1. The van der Waals surface area contributed by atoms with Crippen molar-refractivity contribution in [2.45, 2.75) is 45.4 Å². The van der Waals surface area contributed by atoms with E-state index in [2.05, 4.69) is 14.9 Å². The number of carbonyl (C=O) groups excluding carboxylic acids is 1. The molecule has 0 radical (unpaired) electrons. The maximum absolute atomic E-state index is 12.2. The van der Waals surface area contributed by atoms with Crippen LogP contribution in [0.3, 0.4) is 0 Å². The Labute approximate surface area is 129 Å². The lowest BCUT2D eigenvalue weighted by atomic mass is 9.96. The minimum atomic E-state index is -0.103. The van der Waals surface area contributed by atoms with Crippen molar-refractivity contribution < 1.29 is 9.53 Å². The number of hydrogen-bond acceptors (Lipinski definition) is 5. The van der Waals surface area contributed by atoms with Crippen LogP contribution in [0.25, 0.3) is 0 Å². The van der Waals surface area contributed by atoms with Crippen molar-refractivity contribution in [2.75, 3.05) is 24.6 Å². The maximum atomic E-state index is 12.2. The van der Waals surface area contributed by atoms with Crippen LogP contribution in [-0.2, 0) is 22.4 Å². The third-order valence-electron chi connectivity index (χ3n) is 4.59. The van der Waals surface area contributed by atoms with Crippen LogP contribution >= 0.6 is 0 Å². The monoisotopic (exact) mass is 305 g/mol. The molecule has 1 aliphatic heterocycles. The highest BCUT2D eigenvalue weighted by atomic mass is 16.5. The summed E-state index contributed by atoms with van der Waals surface area (Å²) in [4.78, 5) is 33.6. The minimum Gasteiger partial charge on any atom is -0.466 e. The van der Waals surface area contributed by atoms with Crippen molar-refractivity contribution in [1.29, 1.82) is 0 Å². The molecule has 2 aliphatic rings. The van der Waals surface area contributed by atoms with Crippen LogP contribution in [0.5, 0.6) is 0 Å². The highest BCUT2D eigenvalue weighted by Crippen LogP contribution is 2.23. The van der Waals surface area contributed by atoms with Gasteiger partial charge in [-0.3, -0.25) is 14.6 Å². The van der Waals surface area contributed by atoms with Crippen molar-refractivity contribution in [1.82, 2.24) is 9.97 Å². The number of carbonyl (C=O) groups is 1. The fourth-order valence-corrected chi connectivity index (χ4v) is 3.33. The van der Waals surface area contributed by atoms with Gasteiger partial charge in [-0.05, 0) is 45.4 Å². The van der Waals surface area contributed by atoms with E-state index in [0.717, 1.165) is 62.9 Å². The first-order valence-electron chi connectivity index (χ1n) is 8.22. The average molecular weight is 305 g/mol. The molecule has 1 aromatic rings. The second kappa shape index (κ2) is 6.50. The minimum absolute atomic E-state index is 0.00668. The van der Waals surface area contributed by atoms with Gasteiger partial charge in [-0.25, -0.2) is 4.98 Å². The molecule has 0 unspecified atom stereocenters. The number of nitrogens with one attached hydrogen (secondary N) is 1. The summed E-state index contributed by atoms with van der Waals surface area (Å²) in [6.45, 7) is 3.71. The molecule has 1 aromatic heterocycles. The second-order valence-electron chi connectivity index (χ2n) is 6.04. The van der Waals surface area contributed by atoms with Gasteiger partial charge in [0.2, 0.25) is 5.95 Å². The molecule has 120 valence electrons. The Morgan fingerprint density at radius 1 is 1.32 bits per heavy atom. The first-order chi connectivity index (χ1) is 10.7. The molecule has 6 nitrogen and oxygen atoms in total. The van der Waals surface area contributed by atoms with Crippen LogP contribution in [-0.4, -0.2) is 35.6 Å². The number of ether oxygens (including phenoxy) is 1. The van der Waals surface area contributed by atoms with Gasteiger partial charge in [0.15, 0.2) is 0 Å². The van der Waals surface area contributed by atoms with Crippen LogP contribution in [0, 0.1) is 5.92 Å². The molecule has 0 atom stereocenters. The third kappa shape index (κ3) is 3.00. The topological polar surface area (TPSA) is 75.3 Å². The standard InChI is InChI=1S/C16H23N3O3/c1-2-22-15(21)11-7-9-19(10-8-11)16-17-13-6-4-3-5-12(13)14(20)18-16/h11H,2-10H2,1H3,(H,17,18,20).